The van der Waals surface area contributed by atoms with Gasteiger partial charge in [-0.3, -0.25) is 4.79 Å². The normalized spacial score (nSPS) is 20.1. The van der Waals surface area contributed by atoms with Crippen LogP contribution >= 0.6 is 0 Å². The van der Waals surface area contributed by atoms with Crippen LogP contribution in [0.15, 0.2) is 11.8 Å². The lowest BCUT2D eigenvalue weighted by atomic mass is 10.0. The smallest absolute Gasteiger partial charge is 0.310 e. The van der Waals surface area contributed by atoms with Crippen LogP contribution in [0.4, 0.5) is 0 Å². The summed E-state index contributed by atoms with van der Waals surface area (Å²) < 4.78 is 5.84. The van der Waals surface area contributed by atoms with Crippen LogP contribution in [0, 0.1) is 5.92 Å². The molecule has 2 heteroatoms. The zero-order chi connectivity index (χ0) is 21.7. The van der Waals surface area contributed by atoms with E-state index in [9.17, 15) is 4.79 Å². The lowest BCUT2D eigenvalue weighted by Gasteiger charge is -2.13. The highest BCUT2D eigenvalue weighted by Crippen LogP contribution is 2.21. The van der Waals surface area contributed by atoms with E-state index in [-0.39, 0.29) is 5.97 Å². The number of rotatable bonds is 11. The second-order valence-corrected chi connectivity index (χ2v) is 9.74. The van der Waals surface area contributed by atoms with Crippen molar-refractivity contribution in [2.75, 3.05) is 0 Å². The summed E-state index contributed by atoms with van der Waals surface area (Å²) in [5.74, 6) is 1.47. The molecule has 0 saturated carbocycles. The van der Waals surface area contributed by atoms with Crippen molar-refractivity contribution in [3.05, 3.63) is 11.8 Å². The Hall–Kier alpha value is -0.790. The van der Waals surface area contributed by atoms with Gasteiger partial charge in [-0.2, -0.15) is 0 Å². The third kappa shape index (κ3) is 16.9. The molecule has 0 spiro atoms. The summed E-state index contributed by atoms with van der Waals surface area (Å²) in [5.41, 5.74) is 0. The van der Waals surface area contributed by atoms with Crippen molar-refractivity contribution in [2.45, 2.75) is 155 Å². The number of hydrogen-bond acceptors (Lipinski definition) is 2. The third-order valence-corrected chi connectivity index (χ3v) is 6.53. The minimum absolute atomic E-state index is 0.00527. The van der Waals surface area contributed by atoms with Crippen molar-refractivity contribution >= 4 is 5.97 Å². The average Bonchev–Trinajstić information content (AvgIpc) is 2.73. The average molecular weight is 421 g/mol. The van der Waals surface area contributed by atoms with Gasteiger partial charge in [0.2, 0.25) is 0 Å². The third-order valence-electron chi connectivity index (χ3n) is 6.53. The highest BCUT2D eigenvalue weighted by Gasteiger charge is 2.10. The Morgan fingerprint density at radius 3 is 1.87 bits per heavy atom. The topological polar surface area (TPSA) is 26.3 Å². The molecule has 0 amide bonds. The summed E-state index contributed by atoms with van der Waals surface area (Å²) in [4.78, 5) is 12.4. The molecule has 30 heavy (non-hydrogen) atoms. The second-order valence-electron chi connectivity index (χ2n) is 9.74. The molecule has 1 unspecified atom stereocenters. The molecule has 0 heterocycles. The van der Waals surface area contributed by atoms with Crippen LogP contribution in [0.1, 0.15) is 155 Å². The van der Waals surface area contributed by atoms with E-state index in [0.717, 1.165) is 25.0 Å². The van der Waals surface area contributed by atoms with Crippen molar-refractivity contribution in [1.29, 1.82) is 0 Å². The standard InChI is InChI=1S/C28H52O2/c1-3-4-5-6-7-10-15-18-21-24-28(29)30-27-23-20-17-14-12-9-8-11-13-16-19-22-26(2)25-27/h25-26H,3-24H2,1-2H3. The first-order valence-electron chi connectivity index (χ1n) is 13.6. The fourth-order valence-corrected chi connectivity index (χ4v) is 4.53. The maximum atomic E-state index is 12.4. The molecule has 0 N–H and O–H groups in total. The molecule has 2 nitrogen and oxygen atoms in total. The summed E-state index contributed by atoms with van der Waals surface area (Å²) >= 11 is 0. The Morgan fingerprint density at radius 1 is 0.767 bits per heavy atom. The molecule has 1 atom stereocenters. The van der Waals surface area contributed by atoms with E-state index < -0.39 is 0 Å². The van der Waals surface area contributed by atoms with E-state index in [1.807, 2.05) is 0 Å². The molecule has 0 bridgehead atoms. The van der Waals surface area contributed by atoms with E-state index in [2.05, 4.69) is 19.9 Å². The number of esters is 1. The van der Waals surface area contributed by atoms with Crippen LogP contribution in [-0.2, 0) is 9.53 Å². The molecule has 0 saturated heterocycles. The zero-order valence-corrected chi connectivity index (χ0v) is 20.5. The Bertz CT molecular complexity index is 426. The van der Waals surface area contributed by atoms with Crippen LogP contribution < -0.4 is 0 Å². The van der Waals surface area contributed by atoms with Gasteiger partial charge in [0.15, 0.2) is 0 Å². The predicted molar refractivity (Wildman–Crippen MR) is 131 cm³/mol. The molecule has 1 aliphatic carbocycles. The lowest BCUT2D eigenvalue weighted by molar-refractivity contribution is -0.139. The van der Waals surface area contributed by atoms with Gasteiger partial charge < -0.3 is 4.74 Å². The van der Waals surface area contributed by atoms with Crippen LogP contribution in [-0.4, -0.2) is 5.97 Å². The van der Waals surface area contributed by atoms with Gasteiger partial charge in [-0.15, -0.1) is 0 Å². The summed E-state index contributed by atoms with van der Waals surface area (Å²) in [5, 5.41) is 0. The molecule has 176 valence electrons. The lowest BCUT2D eigenvalue weighted by Crippen LogP contribution is -2.06. The number of ether oxygens (including phenoxy) is 1. The van der Waals surface area contributed by atoms with Gasteiger partial charge in [-0.25, -0.2) is 0 Å². The first-order chi connectivity index (χ1) is 14.7. The number of unbranched alkanes of at least 4 members (excludes halogenated alkanes) is 8. The fourth-order valence-electron chi connectivity index (χ4n) is 4.53. The summed E-state index contributed by atoms with van der Waals surface area (Å²) in [7, 11) is 0. The van der Waals surface area contributed by atoms with E-state index in [0.29, 0.717) is 12.3 Å². The summed E-state index contributed by atoms with van der Waals surface area (Å²) in [6.45, 7) is 4.55. The van der Waals surface area contributed by atoms with Crippen molar-refractivity contribution in [3.8, 4) is 0 Å². The Labute approximate surface area is 188 Å². The predicted octanol–water partition coefficient (Wildman–Crippen LogP) is 9.67. The first-order valence-corrected chi connectivity index (χ1v) is 13.6. The first kappa shape index (κ1) is 27.2. The fraction of sp³-hybridized carbons (Fsp3) is 0.893. The molecular weight excluding hydrogens is 368 g/mol. The minimum atomic E-state index is -0.00527. The number of carbonyl (C=O) groups is 1. The molecule has 1 rings (SSSR count). The van der Waals surface area contributed by atoms with Gasteiger partial charge in [0.25, 0.3) is 0 Å². The Morgan fingerprint density at radius 2 is 1.27 bits per heavy atom. The van der Waals surface area contributed by atoms with Crippen LogP contribution in [0.25, 0.3) is 0 Å². The van der Waals surface area contributed by atoms with E-state index >= 15 is 0 Å². The van der Waals surface area contributed by atoms with Crippen molar-refractivity contribution in [2.24, 2.45) is 5.92 Å². The molecule has 0 aliphatic heterocycles. The zero-order valence-electron chi connectivity index (χ0n) is 20.5. The SMILES string of the molecule is CCCCCCCCCCCC(=O)OC1=CC(C)CCCCCCCCCCCC1. The van der Waals surface area contributed by atoms with Crippen LogP contribution in [0.3, 0.4) is 0 Å². The van der Waals surface area contributed by atoms with Crippen molar-refractivity contribution in [3.63, 3.8) is 0 Å². The van der Waals surface area contributed by atoms with E-state index in [4.69, 9.17) is 4.74 Å². The highest BCUT2D eigenvalue weighted by atomic mass is 16.5. The van der Waals surface area contributed by atoms with Crippen LogP contribution in [0.5, 0.6) is 0 Å². The van der Waals surface area contributed by atoms with Crippen LogP contribution in [0.2, 0.25) is 0 Å². The summed E-state index contributed by atoms with van der Waals surface area (Å²) in [6, 6.07) is 0. The maximum Gasteiger partial charge on any atom is 0.310 e. The second kappa shape index (κ2) is 20.1. The molecule has 0 aromatic rings. The summed E-state index contributed by atoms with van der Waals surface area (Å²) in [6.07, 6.45) is 29.9. The quantitative estimate of drug-likeness (QED) is 0.245. The van der Waals surface area contributed by atoms with Crippen molar-refractivity contribution in [1.82, 2.24) is 0 Å². The minimum Gasteiger partial charge on any atom is -0.431 e. The van der Waals surface area contributed by atoms with Gasteiger partial charge in [0, 0.05) is 12.8 Å². The molecule has 0 aromatic heterocycles. The Balaban J connectivity index is 2.27. The molecule has 0 fully saturated rings. The molecular formula is C28H52O2. The molecule has 0 radical (unpaired) electrons. The highest BCUT2D eigenvalue weighted by molar-refractivity contribution is 5.70. The monoisotopic (exact) mass is 420 g/mol. The maximum absolute atomic E-state index is 12.4. The Kier molecular flexibility index (Phi) is 18.3. The number of hydrogen-bond donors (Lipinski definition) is 0. The largest absolute Gasteiger partial charge is 0.431 e. The van der Waals surface area contributed by atoms with Gasteiger partial charge >= 0.3 is 5.97 Å². The van der Waals surface area contributed by atoms with Crippen molar-refractivity contribution < 1.29 is 9.53 Å². The van der Waals surface area contributed by atoms with Gasteiger partial charge in [-0.1, -0.05) is 123 Å². The van der Waals surface area contributed by atoms with E-state index in [1.54, 1.807) is 0 Å². The number of allylic oxidation sites excluding steroid dienone is 2. The van der Waals surface area contributed by atoms with E-state index in [1.165, 1.54) is 116 Å². The van der Waals surface area contributed by atoms with Gasteiger partial charge in [-0.05, 0) is 31.3 Å². The molecule has 0 aromatic carbocycles. The van der Waals surface area contributed by atoms with Gasteiger partial charge in [0.05, 0.1) is 0 Å². The van der Waals surface area contributed by atoms with Gasteiger partial charge in [0.1, 0.15) is 5.76 Å². The number of carbonyl (C=O) groups excluding carboxylic acids is 1. The molecule has 1 aliphatic rings.